The van der Waals surface area contributed by atoms with E-state index in [4.69, 9.17) is 14.2 Å². The number of carbonyl (C=O) groups excluding carboxylic acids is 3. The number of hydrogen-bond donors (Lipinski definition) is 3. The monoisotopic (exact) mass is 470 g/mol. The number of benzene rings is 2. The van der Waals surface area contributed by atoms with Crippen LogP contribution >= 0.6 is 0 Å². The Morgan fingerprint density at radius 3 is 2.50 bits per heavy atom. The van der Waals surface area contributed by atoms with E-state index >= 15 is 0 Å². The lowest BCUT2D eigenvalue weighted by Crippen LogP contribution is -2.38. The summed E-state index contributed by atoms with van der Waals surface area (Å²) in [4.78, 5) is 35.7. The Labute approximate surface area is 198 Å². The molecule has 0 bridgehead atoms. The number of ether oxygens (including phenoxy) is 3. The van der Waals surface area contributed by atoms with Crippen molar-refractivity contribution in [3.05, 3.63) is 53.1 Å². The van der Waals surface area contributed by atoms with Gasteiger partial charge in [-0.2, -0.15) is 5.10 Å². The summed E-state index contributed by atoms with van der Waals surface area (Å²) in [6.07, 6.45) is 1.95. The molecule has 0 saturated carbocycles. The standard InChI is InChI=1S/C24H30N4O6/c1-16-6-8-19(17(2)12-16)27-22(29)15-34-20-9-7-18(13-21(20)33-4)14-26-28-24(31)23(30)25-10-5-11-32-3/h6-9,12-14H,5,10-11,15H2,1-4H3,(H,25,30)(H,27,29)(H,28,31)/b26-14-. The van der Waals surface area contributed by atoms with Crippen LogP contribution in [-0.2, 0) is 19.1 Å². The lowest BCUT2D eigenvalue weighted by molar-refractivity contribution is -0.139. The zero-order valence-corrected chi connectivity index (χ0v) is 19.8. The molecule has 0 heterocycles. The van der Waals surface area contributed by atoms with Crippen molar-refractivity contribution in [2.45, 2.75) is 20.3 Å². The Bertz CT molecular complexity index is 1040. The Hall–Kier alpha value is -3.92. The minimum Gasteiger partial charge on any atom is -0.493 e. The highest BCUT2D eigenvalue weighted by Crippen LogP contribution is 2.27. The van der Waals surface area contributed by atoms with Crippen molar-refractivity contribution in [2.24, 2.45) is 5.10 Å². The molecule has 10 heteroatoms. The zero-order valence-electron chi connectivity index (χ0n) is 19.8. The molecule has 3 amide bonds. The minimum atomic E-state index is -0.879. The number of anilines is 1. The van der Waals surface area contributed by atoms with Gasteiger partial charge >= 0.3 is 11.8 Å². The third-order valence-electron chi connectivity index (χ3n) is 4.60. The van der Waals surface area contributed by atoms with Gasteiger partial charge in [0.2, 0.25) is 0 Å². The van der Waals surface area contributed by atoms with Crippen LogP contribution in [0.1, 0.15) is 23.1 Å². The number of nitrogens with zero attached hydrogens (tertiary/aromatic N) is 1. The van der Waals surface area contributed by atoms with Crippen LogP contribution < -0.4 is 25.5 Å². The van der Waals surface area contributed by atoms with E-state index in [1.165, 1.54) is 13.3 Å². The van der Waals surface area contributed by atoms with Gasteiger partial charge < -0.3 is 24.8 Å². The van der Waals surface area contributed by atoms with Crippen LogP contribution in [0.3, 0.4) is 0 Å². The number of aryl methyl sites for hydroxylation is 2. The molecule has 2 aromatic carbocycles. The Balaban J connectivity index is 1.87. The van der Waals surface area contributed by atoms with E-state index in [0.29, 0.717) is 36.6 Å². The number of nitrogens with one attached hydrogen (secondary N) is 3. The number of amides is 3. The van der Waals surface area contributed by atoms with Gasteiger partial charge in [-0.15, -0.1) is 0 Å². The molecule has 0 aliphatic heterocycles. The molecule has 0 saturated heterocycles. The van der Waals surface area contributed by atoms with Crippen molar-refractivity contribution in [3.8, 4) is 11.5 Å². The molecule has 3 N–H and O–H groups in total. The van der Waals surface area contributed by atoms with Crippen molar-refractivity contribution in [1.29, 1.82) is 0 Å². The smallest absolute Gasteiger partial charge is 0.329 e. The lowest BCUT2D eigenvalue weighted by Gasteiger charge is -2.12. The summed E-state index contributed by atoms with van der Waals surface area (Å²) in [5.74, 6) is -1.22. The van der Waals surface area contributed by atoms with E-state index in [2.05, 4.69) is 21.2 Å². The van der Waals surface area contributed by atoms with Crippen LogP contribution in [0, 0.1) is 13.8 Å². The maximum absolute atomic E-state index is 12.3. The molecular weight excluding hydrogens is 440 g/mol. The minimum absolute atomic E-state index is 0.202. The third kappa shape index (κ3) is 8.55. The van der Waals surface area contributed by atoms with Crippen LogP contribution in [0.4, 0.5) is 5.69 Å². The normalized spacial score (nSPS) is 10.6. The fraction of sp³-hybridized carbons (Fsp3) is 0.333. The van der Waals surface area contributed by atoms with E-state index in [1.54, 1.807) is 25.3 Å². The number of methoxy groups -OCH3 is 2. The fourth-order valence-corrected chi connectivity index (χ4v) is 2.88. The van der Waals surface area contributed by atoms with E-state index < -0.39 is 11.8 Å². The van der Waals surface area contributed by atoms with Gasteiger partial charge in [0, 0.05) is 25.9 Å². The van der Waals surface area contributed by atoms with Crippen LogP contribution in [0.5, 0.6) is 11.5 Å². The fourth-order valence-electron chi connectivity index (χ4n) is 2.88. The second kappa shape index (κ2) is 13.6. The van der Waals surface area contributed by atoms with E-state index in [1.807, 2.05) is 32.0 Å². The average molecular weight is 471 g/mol. The van der Waals surface area contributed by atoms with Crippen LogP contribution in [0.15, 0.2) is 41.5 Å². The topological polar surface area (TPSA) is 127 Å². The lowest BCUT2D eigenvalue weighted by atomic mass is 10.1. The summed E-state index contributed by atoms with van der Waals surface area (Å²) in [5.41, 5.74) is 5.55. The molecule has 0 radical (unpaired) electrons. The molecule has 0 aromatic heterocycles. The second-order valence-corrected chi connectivity index (χ2v) is 7.37. The van der Waals surface area contributed by atoms with E-state index in [-0.39, 0.29) is 12.5 Å². The summed E-state index contributed by atoms with van der Waals surface area (Å²) in [6.45, 7) is 4.51. The molecule has 0 aliphatic carbocycles. The average Bonchev–Trinajstić information content (AvgIpc) is 2.82. The predicted octanol–water partition coefficient (Wildman–Crippen LogP) is 1.93. The molecule has 34 heavy (non-hydrogen) atoms. The predicted molar refractivity (Wildman–Crippen MR) is 128 cm³/mol. The van der Waals surface area contributed by atoms with Crippen molar-refractivity contribution >= 4 is 29.6 Å². The SMILES string of the molecule is COCCCNC(=O)C(=O)N/N=C\c1ccc(OCC(=O)Nc2ccc(C)cc2C)c(OC)c1. The van der Waals surface area contributed by atoms with Crippen molar-refractivity contribution in [3.63, 3.8) is 0 Å². The largest absolute Gasteiger partial charge is 0.493 e. The maximum Gasteiger partial charge on any atom is 0.329 e. The van der Waals surface area contributed by atoms with Crippen LogP contribution in [-0.4, -0.2) is 57.9 Å². The Kier molecular flexibility index (Phi) is 10.5. The highest BCUT2D eigenvalue weighted by molar-refractivity contribution is 6.35. The number of carbonyl (C=O) groups is 3. The summed E-state index contributed by atoms with van der Waals surface area (Å²) >= 11 is 0. The zero-order chi connectivity index (χ0) is 24.9. The number of rotatable bonds is 11. The van der Waals surface area contributed by atoms with E-state index in [0.717, 1.165) is 16.8 Å². The molecule has 0 spiro atoms. The highest BCUT2D eigenvalue weighted by atomic mass is 16.5. The first-order chi connectivity index (χ1) is 16.3. The van der Waals surface area contributed by atoms with Crippen molar-refractivity contribution in [1.82, 2.24) is 10.7 Å². The second-order valence-electron chi connectivity index (χ2n) is 7.37. The molecular formula is C24H30N4O6. The quantitative estimate of drug-likeness (QED) is 0.199. The maximum atomic E-state index is 12.3. The third-order valence-corrected chi connectivity index (χ3v) is 4.60. The summed E-state index contributed by atoms with van der Waals surface area (Å²) in [6, 6.07) is 10.7. The summed E-state index contributed by atoms with van der Waals surface area (Å²) in [7, 11) is 3.02. The Morgan fingerprint density at radius 2 is 1.79 bits per heavy atom. The van der Waals surface area contributed by atoms with Crippen LogP contribution in [0.2, 0.25) is 0 Å². The number of hydrazone groups is 1. The van der Waals surface area contributed by atoms with Gasteiger partial charge in [0.1, 0.15) is 0 Å². The van der Waals surface area contributed by atoms with Gasteiger partial charge in [-0.1, -0.05) is 17.7 Å². The van der Waals surface area contributed by atoms with Gasteiger partial charge in [-0.05, 0) is 55.7 Å². The highest BCUT2D eigenvalue weighted by Gasteiger charge is 2.12. The molecule has 0 aliphatic rings. The molecule has 0 fully saturated rings. The van der Waals surface area contributed by atoms with Gasteiger partial charge in [-0.25, -0.2) is 5.43 Å². The molecule has 2 aromatic rings. The van der Waals surface area contributed by atoms with Crippen molar-refractivity contribution < 1.29 is 28.6 Å². The molecule has 182 valence electrons. The first kappa shape index (κ1) is 26.3. The summed E-state index contributed by atoms with van der Waals surface area (Å²) in [5, 5.41) is 9.06. The molecule has 0 unspecified atom stereocenters. The van der Waals surface area contributed by atoms with Gasteiger partial charge in [0.25, 0.3) is 5.91 Å². The molecule has 10 nitrogen and oxygen atoms in total. The van der Waals surface area contributed by atoms with Gasteiger partial charge in [0.15, 0.2) is 18.1 Å². The Morgan fingerprint density at radius 1 is 1.00 bits per heavy atom. The summed E-state index contributed by atoms with van der Waals surface area (Å²) < 4.78 is 15.8. The number of hydrogen-bond acceptors (Lipinski definition) is 7. The first-order valence-corrected chi connectivity index (χ1v) is 10.6. The first-order valence-electron chi connectivity index (χ1n) is 10.6. The van der Waals surface area contributed by atoms with Gasteiger partial charge in [-0.3, -0.25) is 14.4 Å². The van der Waals surface area contributed by atoms with Crippen LogP contribution in [0.25, 0.3) is 0 Å². The van der Waals surface area contributed by atoms with Gasteiger partial charge in [0.05, 0.1) is 13.3 Å². The van der Waals surface area contributed by atoms with E-state index in [9.17, 15) is 14.4 Å². The van der Waals surface area contributed by atoms with Crippen molar-refractivity contribution in [2.75, 3.05) is 39.3 Å². The molecule has 0 atom stereocenters. The molecule has 2 rings (SSSR count).